The molecule has 0 aliphatic rings. The first-order valence-electron chi connectivity index (χ1n) is 13.4. The molecule has 0 radical (unpaired) electrons. The van der Waals surface area contributed by atoms with Crippen molar-refractivity contribution in [2.75, 3.05) is 17.4 Å². The Balaban J connectivity index is 1.78. The molecule has 0 aliphatic carbocycles. The third-order valence-electron chi connectivity index (χ3n) is 6.59. The number of sulfonamides is 1. The van der Waals surface area contributed by atoms with Crippen LogP contribution in [-0.4, -0.2) is 44.3 Å². The average Bonchev–Trinajstić information content (AvgIpc) is 2.99. The van der Waals surface area contributed by atoms with Crippen molar-refractivity contribution in [1.29, 1.82) is 0 Å². The maximum absolute atomic E-state index is 14.3. The second-order valence-corrected chi connectivity index (χ2v) is 12.3. The molecular weight excluding hydrogens is 621 g/mol. The summed E-state index contributed by atoms with van der Waals surface area (Å²) >= 11 is 3.46. The quantitative estimate of drug-likeness (QED) is 0.217. The molecule has 0 aromatic heterocycles. The van der Waals surface area contributed by atoms with Crippen LogP contribution < -0.4 is 9.62 Å². The van der Waals surface area contributed by atoms with E-state index in [1.165, 1.54) is 4.90 Å². The Labute approximate surface area is 254 Å². The Bertz CT molecular complexity index is 1600. The number of anilines is 1. The van der Waals surface area contributed by atoms with Crippen molar-refractivity contribution in [2.45, 2.75) is 30.8 Å². The monoisotopic (exact) mass is 651 g/mol. The summed E-state index contributed by atoms with van der Waals surface area (Å²) in [5, 5.41) is 2.84. The van der Waals surface area contributed by atoms with Gasteiger partial charge >= 0.3 is 0 Å². The molecule has 0 heterocycles. The van der Waals surface area contributed by atoms with E-state index in [4.69, 9.17) is 0 Å². The molecule has 1 N–H and O–H groups in total. The number of carbonyl (C=O) groups excluding carboxylic acids is 2. The summed E-state index contributed by atoms with van der Waals surface area (Å²) in [6, 6.07) is 28.5. The van der Waals surface area contributed by atoms with E-state index >= 15 is 0 Å². The maximum Gasteiger partial charge on any atom is 0.264 e. The zero-order valence-corrected chi connectivity index (χ0v) is 25.4. The number of hydrogen-bond acceptors (Lipinski definition) is 4. The van der Waals surface area contributed by atoms with E-state index in [1.807, 2.05) is 54.6 Å². The first-order valence-corrected chi connectivity index (χ1v) is 15.6. The molecule has 218 valence electrons. The van der Waals surface area contributed by atoms with Crippen LogP contribution in [0.1, 0.15) is 18.1 Å². The number of rotatable bonds is 12. The number of para-hydroxylation sites is 1. The number of benzene rings is 4. The minimum Gasteiger partial charge on any atom is -0.355 e. The van der Waals surface area contributed by atoms with E-state index in [-0.39, 0.29) is 29.5 Å². The van der Waals surface area contributed by atoms with Gasteiger partial charge in [-0.1, -0.05) is 76.6 Å². The second kappa shape index (κ2) is 14.2. The minimum absolute atomic E-state index is 0.0616. The van der Waals surface area contributed by atoms with E-state index < -0.39 is 34.3 Å². The highest BCUT2D eigenvalue weighted by Gasteiger charge is 2.34. The van der Waals surface area contributed by atoms with Crippen molar-refractivity contribution in [3.8, 4) is 0 Å². The minimum atomic E-state index is -4.28. The Morgan fingerprint density at radius 1 is 0.857 bits per heavy atom. The molecule has 0 fully saturated rings. The molecule has 0 aliphatic heterocycles. The lowest BCUT2D eigenvalue weighted by Crippen LogP contribution is -2.53. The van der Waals surface area contributed by atoms with Gasteiger partial charge in [-0.15, -0.1) is 0 Å². The summed E-state index contributed by atoms with van der Waals surface area (Å²) in [5.41, 5.74) is 1.86. The van der Waals surface area contributed by atoms with Crippen molar-refractivity contribution in [3.05, 3.63) is 131 Å². The summed E-state index contributed by atoms with van der Waals surface area (Å²) in [6.07, 6.45) is 0.225. The van der Waals surface area contributed by atoms with Crippen LogP contribution in [0.4, 0.5) is 10.1 Å². The maximum atomic E-state index is 14.3. The Morgan fingerprint density at radius 3 is 2.10 bits per heavy atom. The fourth-order valence-corrected chi connectivity index (χ4v) is 6.40. The van der Waals surface area contributed by atoms with Gasteiger partial charge in [0.2, 0.25) is 11.8 Å². The summed E-state index contributed by atoms with van der Waals surface area (Å²) in [7, 11) is -4.28. The number of likely N-dealkylation sites (N-methyl/N-ethyl adjacent to an activating group) is 1. The van der Waals surface area contributed by atoms with Crippen LogP contribution >= 0.6 is 15.9 Å². The van der Waals surface area contributed by atoms with Crippen LogP contribution in [0.2, 0.25) is 0 Å². The fraction of sp³-hybridized carbons (Fsp3) is 0.188. The molecule has 42 heavy (non-hydrogen) atoms. The van der Waals surface area contributed by atoms with Gasteiger partial charge in [0, 0.05) is 24.0 Å². The topological polar surface area (TPSA) is 86.8 Å². The molecule has 7 nitrogen and oxygen atoms in total. The molecule has 4 aromatic carbocycles. The molecule has 0 bridgehead atoms. The number of nitrogens with zero attached hydrogens (tertiary/aromatic N) is 2. The second-order valence-electron chi connectivity index (χ2n) is 9.55. The third kappa shape index (κ3) is 7.83. The predicted molar refractivity (Wildman–Crippen MR) is 165 cm³/mol. The van der Waals surface area contributed by atoms with Gasteiger partial charge in [-0.25, -0.2) is 12.8 Å². The molecule has 4 rings (SSSR count). The molecule has 0 spiro atoms. The van der Waals surface area contributed by atoms with Gasteiger partial charge in [0.15, 0.2) is 0 Å². The largest absolute Gasteiger partial charge is 0.355 e. The fourth-order valence-electron chi connectivity index (χ4n) is 4.53. The van der Waals surface area contributed by atoms with Gasteiger partial charge in [-0.2, -0.15) is 0 Å². The molecular formula is C32H31BrFN3O4S. The van der Waals surface area contributed by atoms with Crippen LogP contribution in [0.25, 0.3) is 0 Å². The van der Waals surface area contributed by atoms with Gasteiger partial charge in [0.1, 0.15) is 18.4 Å². The van der Waals surface area contributed by atoms with E-state index in [9.17, 15) is 22.4 Å². The van der Waals surface area contributed by atoms with Gasteiger partial charge in [-0.3, -0.25) is 13.9 Å². The number of halogens is 2. The third-order valence-corrected chi connectivity index (χ3v) is 8.87. The molecule has 0 unspecified atom stereocenters. The van der Waals surface area contributed by atoms with Crippen LogP contribution in [-0.2, 0) is 32.6 Å². The summed E-state index contributed by atoms with van der Waals surface area (Å²) in [6.45, 7) is 1.64. The molecule has 10 heteroatoms. The van der Waals surface area contributed by atoms with Crippen LogP contribution in [0, 0.1) is 5.82 Å². The Morgan fingerprint density at radius 2 is 1.48 bits per heavy atom. The molecule has 2 amide bonds. The normalized spacial score (nSPS) is 11.9. The van der Waals surface area contributed by atoms with Gasteiger partial charge in [0.05, 0.1) is 10.6 Å². The van der Waals surface area contributed by atoms with Gasteiger partial charge in [0.25, 0.3) is 10.0 Å². The number of carbonyl (C=O) groups is 2. The summed E-state index contributed by atoms with van der Waals surface area (Å²) in [5.74, 6) is -1.50. The van der Waals surface area contributed by atoms with Crippen LogP contribution in [0.3, 0.4) is 0 Å². The van der Waals surface area contributed by atoms with Crippen molar-refractivity contribution >= 4 is 43.5 Å². The van der Waals surface area contributed by atoms with E-state index in [1.54, 1.807) is 37.3 Å². The van der Waals surface area contributed by atoms with Crippen molar-refractivity contribution in [2.24, 2.45) is 0 Å². The zero-order valence-electron chi connectivity index (χ0n) is 23.0. The molecule has 0 saturated heterocycles. The SMILES string of the molecule is CCNC(=O)[C@@H](Cc1ccccc1)N(Cc1cccc(Br)c1)C(=O)CN(c1ccccc1)S(=O)(=O)c1ccc(F)cc1. The number of amides is 2. The highest BCUT2D eigenvalue weighted by molar-refractivity contribution is 9.10. The van der Waals surface area contributed by atoms with Gasteiger partial charge < -0.3 is 10.2 Å². The molecule has 4 aromatic rings. The average molecular weight is 653 g/mol. The summed E-state index contributed by atoms with van der Waals surface area (Å²) < 4.78 is 43.1. The highest BCUT2D eigenvalue weighted by atomic mass is 79.9. The predicted octanol–water partition coefficient (Wildman–Crippen LogP) is 5.56. The number of nitrogens with one attached hydrogen (secondary N) is 1. The lowest BCUT2D eigenvalue weighted by molar-refractivity contribution is -0.140. The first kappa shape index (κ1) is 30.9. The Hall–Kier alpha value is -4.02. The molecule has 0 saturated carbocycles. The lowest BCUT2D eigenvalue weighted by atomic mass is 10.0. The van der Waals surface area contributed by atoms with Crippen LogP contribution in [0.15, 0.2) is 119 Å². The first-order chi connectivity index (χ1) is 20.2. The van der Waals surface area contributed by atoms with E-state index in [0.717, 1.165) is 44.2 Å². The summed E-state index contributed by atoms with van der Waals surface area (Å²) in [4.78, 5) is 29.0. The molecule has 1 atom stereocenters. The van der Waals surface area contributed by atoms with Crippen molar-refractivity contribution in [3.63, 3.8) is 0 Å². The number of hydrogen-bond donors (Lipinski definition) is 1. The van der Waals surface area contributed by atoms with Crippen LogP contribution in [0.5, 0.6) is 0 Å². The van der Waals surface area contributed by atoms with E-state index in [2.05, 4.69) is 21.2 Å². The van der Waals surface area contributed by atoms with Crippen molar-refractivity contribution < 1.29 is 22.4 Å². The van der Waals surface area contributed by atoms with E-state index in [0.29, 0.717) is 6.54 Å². The Kier molecular flexibility index (Phi) is 10.5. The standard InChI is InChI=1S/C32H31BrFN3O4S/c1-2-35-32(39)30(21-24-10-5-3-6-11-24)36(22-25-12-9-13-26(33)20-25)31(38)23-37(28-14-7-4-8-15-28)42(40,41)29-18-16-27(34)17-19-29/h3-20,30H,2,21-23H2,1H3,(H,35,39)/t30-/m1/s1. The smallest absolute Gasteiger partial charge is 0.264 e. The zero-order chi connectivity index (χ0) is 30.1. The lowest BCUT2D eigenvalue weighted by Gasteiger charge is -2.33. The highest BCUT2D eigenvalue weighted by Crippen LogP contribution is 2.25. The van der Waals surface area contributed by atoms with Gasteiger partial charge in [-0.05, 0) is 66.6 Å². The van der Waals surface area contributed by atoms with Crippen molar-refractivity contribution in [1.82, 2.24) is 10.2 Å².